The zero-order valence-electron chi connectivity index (χ0n) is 10.0. The van der Waals surface area contributed by atoms with Crippen molar-refractivity contribution in [2.24, 2.45) is 0 Å². The smallest absolute Gasteiger partial charge is 0.354 e. The third-order valence-corrected chi connectivity index (χ3v) is 2.75. The number of aromatic carboxylic acids is 1. The number of amides is 1. The minimum Gasteiger partial charge on any atom is -0.506 e. The number of carboxylic acid groups (broad SMARTS) is 1. The van der Waals surface area contributed by atoms with Gasteiger partial charge in [-0.15, -0.1) is 0 Å². The van der Waals surface area contributed by atoms with Crippen molar-refractivity contribution in [3.05, 3.63) is 52.8 Å². The highest BCUT2D eigenvalue weighted by Gasteiger charge is 2.10. The van der Waals surface area contributed by atoms with Crippen LogP contribution in [0.15, 0.2) is 36.5 Å². The maximum Gasteiger partial charge on any atom is 0.354 e. The van der Waals surface area contributed by atoms with Crippen LogP contribution in [0, 0.1) is 0 Å². The SMILES string of the molecule is O=C(Nc1ccc(C(=O)O)nc1)c1ccc(O)c(Cl)c1. The molecule has 0 spiro atoms. The monoisotopic (exact) mass is 292 g/mol. The first kappa shape index (κ1) is 13.8. The van der Waals surface area contributed by atoms with Crippen LogP contribution in [-0.4, -0.2) is 27.1 Å². The Kier molecular flexibility index (Phi) is 3.86. The number of aromatic nitrogens is 1. The zero-order chi connectivity index (χ0) is 14.7. The van der Waals surface area contributed by atoms with E-state index in [0.29, 0.717) is 5.69 Å². The molecule has 0 radical (unpaired) electrons. The number of carbonyl (C=O) groups excluding carboxylic acids is 1. The standard InChI is InChI=1S/C13H9ClN2O4/c14-9-5-7(1-4-11(9)17)12(18)16-8-2-3-10(13(19)20)15-6-8/h1-6,17H,(H,16,18)(H,19,20). The molecule has 3 N–H and O–H groups in total. The second-order valence-electron chi connectivity index (χ2n) is 3.86. The summed E-state index contributed by atoms with van der Waals surface area (Å²) in [5.74, 6) is -1.71. The number of carbonyl (C=O) groups is 2. The molecule has 0 unspecified atom stereocenters. The normalized spacial score (nSPS) is 10.1. The van der Waals surface area contributed by atoms with Crippen molar-refractivity contribution >= 4 is 29.2 Å². The number of hydrogen-bond donors (Lipinski definition) is 3. The Morgan fingerprint density at radius 2 is 1.95 bits per heavy atom. The summed E-state index contributed by atoms with van der Waals surface area (Å²) in [4.78, 5) is 26.2. The van der Waals surface area contributed by atoms with Gasteiger partial charge in [-0.1, -0.05) is 11.6 Å². The summed E-state index contributed by atoms with van der Waals surface area (Å²) in [5.41, 5.74) is 0.495. The van der Waals surface area contributed by atoms with Crippen molar-refractivity contribution in [2.45, 2.75) is 0 Å². The Morgan fingerprint density at radius 1 is 1.20 bits per heavy atom. The van der Waals surface area contributed by atoms with Crippen LogP contribution in [0.5, 0.6) is 5.75 Å². The van der Waals surface area contributed by atoms with Crippen LogP contribution < -0.4 is 5.32 Å². The van der Waals surface area contributed by atoms with E-state index in [4.69, 9.17) is 16.7 Å². The third kappa shape index (κ3) is 3.04. The van der Waals surface area contributed by atoms with E-state index in [0.717, 1.165) is 0 Å². The highest BCUT2D eigenvalue weighted by atomic mass is 35.5. The Hall–Kier alpha value is -2.60. The van der Waals surface area contributed by atoms with Gasteiger partial charge in [0, 0.05) is 5.56 Å². The molecule has 2 rings (SSSR count). The number of pyridine rings is 1. The Morgan fingerprint density at radius 3 is 2.50 bits per heavy atom. The van der Waals surface area contributed by atoms with E-state index in [2.05, 4.69) is 10.3 Å². The summed E-state index contributed by atoms with van der Waals surface area (Å²) >= 11 is 5.71. The second kappa shape index (κ2) is 5.58. The molecule has 7 heteroatoms. The summed E-state index contributed by atoms with van der Waals surface area (Å²) in [6, 6.07) is 6.75. The summed E-state index contributed by atoms with van der Waals surface area (Å²) in [5, 5.41) is 20.6. The molecular formula is C13H9ClN2O4. The lowest BCUT2D eigenvalue weighted by Crippen LogP contribution is -2.12. The van der Waals surface area contributed by atoms with Crippen molar-refractivity contribution in [2.75, 3.05) is 5.32 Å². The third-order valence-electron chi connectivity index (χ3n) is 2.45. The molecular weight excluding hydrogens is 284 g/mol. The fraction of sp³-hybridized carbons (Fsp3) is 0. The minimum atomic E-state index is -1.15. The minimum absolute atomic E-state index is 0.0667. The van der Waals surface area contributed by atoms with E-state index in [-0.39, 0.29) is 22.0 Å². The molecule has 0 atom stereocenters. The number of nitrogens with one attached hydrogen (secondary N) is 1. The number of halogens is 1. The Labute approximate surface area is 118 Å². The molecule has 2 aromatic rings. The quantitative estimate of drug-likeness (QED) is 0.806. The lowest BCUT2D eigenvalue weighted by Gasteiger charge is -2.06. The highest BCUT2D eigenvalue weighted by Crippen LogP contribution is 2.24. The van der Waals surface area contributed by atoms with Crippen molar-refractivity contribution in [3.63, 3.8) is 0 Å². The molecule has 0 bridgehead atoms. The molecule has 6 nitrogen and oxygen atoms in total. The molecule has 102 valence electrons. The predicted octanol–water partition coefficient (Wildman–Crippen LogP) is 2.39. The van der Waals surface area contributed by atoms with Crippen LogP contribution >= 0.6 is 11.6 Å². The van der Waals surface area contributed by atoms with Crippen LogP contribution in [0.2, 0.25) is 5.02 Å². The molecule has 0 saturated carbocycles. The molecule has 0 saturated heterocycles. The number of anilines is 1. The topological polar surface area (TPSA) is 99.5 Å². The van der Waals surface area contributed by atoms with Gasteiger partial charge in [-0.25, -0.2) is 9.78 Å². The van der Waals surface area contributed by atoms with Gasteiger partial charge in [0.2, 0.25) is 0 Å². The maximum absolute atomic E-state index is 11.9. The van der Waals surface area contributed by atoms with Gasteiger partial charge in [-0.3, -0.25) is 4.79 Å². The van der Waals surface area contributed by atoms with Crippen LogP contribution in [0.3, 0.4) is 0 Å². The Bertz CT molecular complexity index is 671. The highest BCUT2D eigenvalue weighted by molar-refractivity contribution is 6.32. The second-order valence-corrected chi connectivity index (χ2v) is 4.26. The summed E-state index contributed by atoms with van der Waals surface area (Å²) < 4.78 is 0. The van der Waals surface area contributed by atoms with E-state index < -0.39 is 11.9 Å². The lowest BCUT2D eigenvalue weighted by molar-refractivity contribution is 0.0690. The number of carboxylic acids is 1. The molecule has 1 amide bonds. The van der Waals surface area contributed by atoms with E-state index in [1.807, 2.05) is 0 Å². The van der Waals surface area contributed by atoms with E-state index >= 15 is 0 Å². The lowest BCUT2D eigenvalue weighted by atomic mass is 10.2. The molecule has 1 heterocycles. The van der Waals surface area contributed by atoms with Crippen molar-refractivity contribution in [1.29, 1.82) is 0 Å². The van der Waals surface area contributed by atoms with Gasteiger partial charge in [-0.2, -0.15) is 0 Å². The number of benzene rings is 1. The van der Waals surface area contributed by atoms with Crippen LogP contribution in [0.1, 0.15) is 20.8 Å². The summed E-state index contributed by atoms with van der Waals surface area (Å²) in [6.45, 7) is 0. The van der Waals surface area contributed by atoms with Crippen molar-refractivity contribution < 1.29 is 19.8 Å². The number of aromatic hydroxyl groups is 1. The van der Waals surface area contributed by atoms with Gasteiger partial charge in [0.1, 0.15) is 11.4 Å². The molecule has 0 fully saturated rings. The summed E-state index contributed by atoms with van der Waals surface area (Å²) in [6.07, 6.45) is 1.24. The van der Waals surface area contributed by atoms with Crippen LogP contribution in [-0.2, 0) is 0 Å². The largest absolute Gasteiger partial charge is 0.506 e. The number of rotatable bonds is 3. The molecule has 1 aromatic heterocycles. The first-order chi connectivity index (χ1) is 9.47. The number of phenols is 1. The predicted molar refractivity (Wildman–Crippen MR) is 72.3 cm³/mol. The first-order valence-electron chi connectivity index (χ1n) is 5.46. The molecule has 0 aliphatic carbocycles. The van der Waals surface area contributed by atoms with Gasteiger partial charge < -0.3 is 15.5 Å². The fourth-order valence-corrected chi connectivity index (χ4v) is 1.63. The van der Waals surface area contributed by atoms with Crippen molar-refractivity contribution in [3.8, 4) is 5.75 Å². The number of phenolic OH excluding ortho intramolecular Hbond substituents is 1. The number of nitrogens with zero attached hydrogens (tertiary/aromatic N) is 1. The fourth-order valence-electron chi connectivity index (χ4n) is 1.45. The Balaban J connectivity index is 2.14. The zero-order valence-corrected chi connectivity index (χ0v) is 10.8. The molecule has 0 aliphatic heterocycles. The van der Waals surface area contributed by atoms with Gasteiger partial charge >= 0.3 is 5.97 Å². The van der Waals surface area contributed by atoms with Gasteiger partial charge in [0.25, 0.3) is 5.91 Å². The first-order valence-corrected chi connectivity index (χ1v) is 5.84. The van der Waals surface area contributed by atoms with Gasteiger partial charge in [0.05, 0.1) is 16.9 Å². The van der Waals surface area contributed by atoms with Crippen LogP contribution in [0.4, 0.5) is 5.69 Å². The average Bonchev–Trinajstić information content (AvgIpc) is 2.42. The van der Waals surface area contributed by atoms with Crippen LogP contribution in [0.25, 0.3) is 0 Å². The van der Waals surface area contributed by atoms with Gasteiger partial charge in [-0.05, 0) is 30.3 Å². The summed E-state index contributed by atoms with van der Waals surface area (Å²) in [7, 11) is 0. The molecule has 20 heavy (non-hydrogen) atoms. The number of hydrogen-bond acceptors (Lipinski definition) is 4. The van der Waals surface area contributed by atoms with Crippen molar-refractivity contribution in [1.82, 2.24) is 4.98 Å². The molecule has 0 aliphatic rings. The van der Waals surface area contributed by atoms with E-state index in [1.165, 1.54) is 36.5 Å². The van der Waals surface area contributed by atoms with E-state index in [9.17, 15) is 14.7 Å². The maximum atomic E-state index is 11.9. The molecule has 1 aromatic carbocycles. The average molecular weight is 293 g/mol. The van der Waals surface area contributed by atoms with Gasteiger partial charge in [0.15, 0.2) is 0 Å². The van der Waals surface area contributed by atoms with E-state index in [1.54, 1.807) is 0 Å².